The minimum Gasteiger partial charge on any atom is -0.388 e. The van der Waals surface area contributed by atoms with Gasteiger partial charge in [-0.25, -0.2) is 0 Å². The van der Waals surface area contributed by atoms with Crippen LogP contribution in [0.5, 0.6) is 0 Å². The van der Waals surface area contributed by atoms with Gasteiger partial charge in [0.25, 0.3) is 0 Å². The normalized spacial score (nSPS) is 8.54. The molecule has 0 atom stereocenters. The van der Waals surface area contributed by atoms with Gasteiger partial charge in [0.1, 0.15) is 0 Å². The molecular weight excluding hydrogens is 162 g/mol. The number of nitrogens with one attached hydrogen (secondary N) is 1. The van der Waals surface area contributed by atoms with Crippen molar-refractivity contribution in [3.8, 4) is 0 Å². The fourth-order valence-electron chi connectivity index (χ4n) is 0.809. The molecule has 1 aromatic carbocycles. The van der Waals surface area contributed by atoms with Gasteiger partial charge < -0.3 is 10.1 Å². The Labute approximate surface area is 80.9 Å². The second kappa shape index (κ2) is 9.07. The Bertz CT molecular complexity index is 185. The first kappa shape index (κ1) is 12.0. The van der Waals surface area contributed by atoms with E-state index in [-0.39, 0.29) is 0 Å². The maximum Gasteiger partial charge on any atom is 0.0437 e. The largest absolute Gasteiger partial charge is 0.388 e. The molecule has 1 rings (SSSR count). The summed E-state index contributed by atoms with van der Waals surface area (Å²) in [6, 6.07) is 10.1. The summed E-state index contributed by atoms with van der Waals surface area (Å²) in [6.45, 7) is 5.67. The van der Waals surface area contributed by atoms with E-state index in [1.54, 1.807) is 0 Å². The molecular formula is C11H19NO. The molecule has 13 heavy (non-hydrogen) atoms. The Morgan fingerprint density at radius 2 is 1.62 bits per heavy atom. The first-order valence-corrected chi connectivity index (χ1v) is 4.65. The zero-order valence-corrected chi connectivity index (χ0v) is 8.71. The molecule has 0 amide bonds. The quantitative estimate of drug-likeness (QED) is 0.774. The molecule has 1 N–H and O–H groups in total. The molecule has 1 aromatic rings. The van der Waals surface area contributed by atoms with Crippen LogP contribution in [0.25, 0.3) is 0 Å². The van der Waals surface area contributed by atoms with Gasteiger partial charge in [-0.15, -0.1) is 0 Å². The molecule has 0 aliphatic heterocycles. The standard InChI is InChI=1S/C7H9N.C4H10O/c1-8-7-5-3-2-4-6-7;1-3-5-4-2/h2-6,8H,1H3;3-4H2,1-2H3. The van der Waals surface area contributed by atoms with E-state index in [2.05, 4.69) is 5.32 Å². The summed E-state index contributed by atoms with van der Waals surface area (Å²) in [5.41, 5.74) is 1.16. The van der Waals surface area contributed by atoms with Crippen molar-refractivity contribution in [1.29, 1.82) is 0 Å². The minimum atomic E-state index is 0.844. The third-order valence-corrected chi connectivity index (χ3v) is 1.47. The lowest BCUT2D eigenvalue weighted by Crippen LogP contribution is -1.84. The monoisotopic (exact) mass is 181 g/mol. The van der Waals surface area contributed by atoms with Crippen molar-refractivity contribution in [2.45, 2.75) is 13.8 Å². The lowest BCUT2D eigenvalue weighted by atomic mass is 10.3. The van der Waals surface area contributed by atoms with Gasteiger partial charge in [-0.05, 0) is 26.0 Å². The van der Waals surface area contributed by atoms with Crippen LogP contribution in [0.3, 0.4) is 0 Å². The summed E-state index contributed by atoms with van der Waals surface area (Å²) in [5.74, 6) is 0. The number of para-hydroxylation sites is 1. The molecule has 2 nitrogen and oxygen atoms in total. The predicted octanol–water partition coefficient (Wildman–Crippen LogP) is 2.77. The van der Waals surface area contributed by atoms with Crippen molar-refractivity contribution in [2.75, 3.05) is 25.6 Å². The van der Waals surface area contributed by atoms with Gasteiger partial charge in [0.05, 0.1) is 0 Å². The third-order valence-electron chi connectivity index (χ3n) is 1.47. The van der Waals surface area contributed by atoms with Crippen LogP contribution in [0, 0.1) is 0 Å². The van der Waals surface area contributed by atoms with Crippen molar-refractivity contribution >= 4 is 5.69 Å². The summed E-state index contributed by atoms with van der Waals surface area (Å²) >= 11 is 0. The van der Waals surface area contributed by atoms with E-state index in [4.69, 9.17) is 4.74 Å². The highest BCUT2D eigenvalue weighted by molar-refractivity contribution is 5.41. The Morgan fingerprint density at radius 1 is 1.08 bits per heavy atom. The average molecular weight is 181 g/mol. The molecule has 74 valence electrons. The SMILES string of the molecule is CCOCC.CNc1ccccc1. The van der Waals surface area contributed by atoms with E-state index in [9.17, 15) is 0 Å². The van der Waals surface area contributed by atoms with E-state index in [0.29, 0.717) is 0 Å². The van der Waals surface area contributed by atoms with E-state index in [1.165, 1.54) is 0 Å². The number of rotatable bonds is 3. The summed E-state index contributed by atoms with van der Waals surface area (Å²) in [7, 11) is 1.91. The van der Waals surface area contributed by atoms with Crippen LogP contribution in [-0.2, 0) is 4.74 Å². The Morgan fingerprint density at radius 3 is 1.85 bits per heavy atom. The zero-order chi connectivity index (χ0) is 9.94. The summed E-state index contributed by atoms with van der Waals surface area (Å²) < 4.78 is 4.83. The van der Waals surface area contributed by atoms with Crippen LogP contribution in [0.4, 0.5) is 5.69 Å². The topological polar surface area (TPSA) is 21.3 Å². The Balaban J connectivity index is 0.000000252. The number of anilines is 1. The molecule has 0 aromatic heterocycles. The summed E-state index contributed by atoms with van der Waals surface area (Å²) in [5, 5.41) is 3.03. The van der Waals surface area contributed by atoms with Crippen molar-refractivity contribution in [1.82, 2.24) is 0 Å². The maximum absolute atomic E-state index is 4.83. The van der Waals surface area contributed by atoms with Crippen molar-refractivity contribution in [3.63, 3.8) is 0 Å². The Kier molecular flexibility index (Phi) is 8.36. The molecule has 0 aliphatic rings. The first-order chi connectivity index (χ1) is 6.35. The van der Waals surface area contributed by atoms with E-state index < -0.39 is 0 Å². The molecule has 0 bridgehead atoms. The zero-order valence-electron chi connectivity index (χ0n) is 8.71. The van der Waals surface area contributed by atoms with E-state index >= 15 is 0 Å². The van der Waals surface area contributed by atoms with Crippen molar-refractivity contribution in [3.05, 3.63) is 30.3 Å². The van der Waals surface area contributed by atoms with Crippen molar-refractivity contribution < 1.29 is 4.74 Å². The third kappa shape index (κ3) is 7.34. The molecule has 0 fully saturated rings. The molecule has 0 spiro atoms. The van der Waals surface area contributed by atoms with Crippen LogP contribution < -0.4 is 5.32 Å². The second-order valence-corrected chi connectivity index (χ2v) is 2.40. The number of hydrogen-bond acceptors (Lipinski definition) is 2. The van der Waals surface area contributed by atoms with Gasteiger partial charge in [0.2, 0.25) is 0 Å². The maximum atomic E-state index is 4.83. The molecule has 0 aliphatic carbocycles. The number of hydrogen-bond donors (Lipinski definition) is 1. The van der Waals surface area contributed by atoms with Gasteiger partial charge in [-0.3, -0.25) is 0 Å². The lowest BCUT2D eigenvalue weighted by Gasteiger charge is -1.94. The highest BCUT2D eigenvalue weighted by atomic mass is 16.5. The van der Waals surface area contributed by atoms with Crippen LogP contribution >= 0.6 is 0 Å². The Hall–Kier alpha value is -1.02. The van der Waals surface area contributed by atoms with E-state index in [1.807, 2.05) is 51.2 Å². The predicted molar refractivity (Wildman–Crippen MR) is 58.2 cm³/mol. The minimum absolute atomic E-state index is 0.844. The van der Waals surface area contributed by atoms with Gasteiger partial charge >= 0.3 is 0 Å². The van der Waals surface area contributed by atoms with Crippen molar-refractivity contribution in [2.24, 2.45) is 0 Å². The summed E-state index contributed by atoms with van der Waals surface area (Å²) in [4.78, 5) is 0. The highest BCUT2D eigenvalue weighted by Crippen LogP contribution is 2.01. The van der Waals surface area contributed by atoms with Gasteiger partial charge in [0, 0.05) is 25.9 Å². The number of benzene rings is 1. The van der Waals surface area contributed by atoms with Crippen LogP contribution in [0.2, 0.25) is 0 Å². The fourth-order valence-corrected chi connectivity index (χ4v) is 0.809. The lowest BCUT2D eigenvalue weighted by molar-refractivity contribution is 0.162. The van der Waals surface area contributed by atoms with Crippen LogP contribution in [-0.4, -0.2) is 20.3 Å². The van der Waals surface area contributed by atoms with E-state index in [0.717, 1.165) is 18.9 Å². The molecule has 2 heteroatoms. The summed E-state index contributed by atoms with van der Waals surface area (Å²) in [6.07, 6.45) is 0. The smallest absolute Gasteiger partial charge is 0.0437 e. The van der Waals surface area contributed by atoms with Gasteiger partial charge in [-0.1, -0.05) is 18.2 Å². The molecule has 0 heterocycles. The second-order valence-electron chi connectivity index (χ2n) is 2.40. The van der Waals surface area contributed by atoms with Crippen LogP contribution in [0.15, 0.2) is 30.3 Å². The number of ether oxygens (including phenoxy) is 1. The first-order valence-electron chi connectivity index (χ1n) is 4.65. The van der Waals surface area contributed by atoms with Gasteiger partial charge in [-0.2, -0.15) is 0 Å². The highest BCUT2D eigenvalue weighted by Gasteiger charge is 1.77. The average Bonchev–Trinajstić information content (AvgIpc) is 2.21. The molecule has 0 saturated carbocycles. The molecule has 0 saturated heterocycles. The van der Waals surface area contributed by atoms with Crippen LogP contribution in [0.1, 0.15) is 13.8 Å². The molecule has 0 radical (unpaired) electrons. The van der Waals surface area contributed by atoms with Gasteiger partial charge in [0.15, 0.2) is 0 Å². The fraction of sp³-hybridized carbons (Fsp3) is 0.455. The molecule has 0 unspecified atom stereocenters.